The standard InChI is InChI=1S/C29H42N2O2/c1-22-12-14-24(15-13-22)27-25(21-32)19-30(18-23-10-7-6-8-11-23)20-26(27)33-31-28(2,3)16-9-17-29(31,4)5/h6-8,10-15,25-27,32H,9,16-21H2,1-5H3/t25-,26+,27-/m0/s1. The molecule has 3 atom stereocenters. The molecule has 0 amide bonds. The van der Waals surface area contributed by atoms with Gasteiger partial charge < -0.3 is 5.11 Å². The Balaban J connectivity index is 1.66. The number of likely N-dealkylation sites (tertiary alicyclic amines) is 1. The molecule has 0 spiro atoms. The van der Waals surface area contributed by atoms with Gasteiger partial charge in [0.15, 0.2) is 0 Å². The monoisotopic (exact) mass is 450 g/mol. The maximum atomic E-state index is 10.5. The highest BCUT2D eigenvalue weighted by Gasteiger charge is 2.47. The Kier molecular flexibility index (Phi) is 7.30. The minimum Gasteiger partial charge on any atom is -0.396 e. The molecule has 2 fully saturated rings. The van der Waals surface area contributed by atoms with Crippen LogP contribution in [0.3, 0.4) is 0 Å². The number of piperidine rings is 2. The van der Waals surface area contributed by atoms with Gasteiger partial charge >= 0.3 is 0 Å². The molecular formula is C29H42N2O2. The van der Waals surface area contributed by atoms with Crippen LogP contribution in [-0.2, 0) is 11.4 Å². The van der Waals surface area contributed by atoms with Gasteiger partial charge in [0.25, 0.3) is 0 Å². The van der Waals surface area contributed by atoms with Gasteiger partial charge in [-0.25, -0.2) is 0 Å². The summed E-state index contributed by atoms with van der Waals surface area (Å²) in [6, 6.07) is 19.5. The van der Waals surface area contributed by atoms with Crippen LogP contribution in [0.25, 0.3) is 0 Å². The Morgan fingerprint density at radius 2 is 1.55 bits per heavy atom. The lowest BCUT2D eigenvalue weighted by atomic mass is 9.78. The van der Waals surface area contributed by atoms with Gasteiger partial charge in [0.2, 0.25) is 0 Å². The van der Waals surface area contributed by atoms with Gasteiger partial charge in [0.05, 0.1) is 6.10 Å². The van der Waals surface area contributed by atoms with E-state index in [2.05, 4.69) is 99.2 Å². The van der Waals surface area contributed by atoms with E-state index in [1.165, 1.54) is 23.1 Å². The largest absolute Gasteiger partial charge is 0.396 e. The summed E-state index contributed by atoms with van der Waals surface area (Å²) in [6.45, 7) is 14.1. The molecule has 0 aromatic heterocycles. The quantitative estimate of drug-likeness (QED) is 0.626. The molecule has 2 heterocycles. The predicted molar refractivity (Wildman–Crippen MR) is 135 cm³/mol. The summed E-state index contributed by atoms with van der Waals surface area (Å²) >= 11 is 0. The van der Waals surface area contributed by atoms with Crippen molar-refractivity contribution in [3.8, 4) is 0 Å². The second kappa shape index (κ2) is 9.87. The fourth-order valence-corrected chi connectivity index (χ4v) is 6.10. The smallest absolute Gasteiger partial charge is 0.0992 e. The zero-order chi connectivity index (χ0) is 23.6. The predicted octanol–water partition coefficient (Wildman–Crippen LogP) is 5.55. The number of rotatable bonds is 6. The fraction of sp³-hybridized carbons (Fsp3) is 0.586. The maximum Gasteiger partial charge on any atom is 0.0992 e. The Hall–Kier alpha value is -1.72. The average Bonchev–Trinajstić information content (AvgIpc) is 2.77. The first-order valence-corrected chi connectivity index (χ1v) is 12.6. The van der Waals surface area contributed by atoms with Crippen molar-refractivity contribution in [2.75, 3.05) is 19.7 Å². The van der Waals surface area contributed by atoms with Crippen molar-refractivity contribution in [3.63, 3.8) is 0 Å². The van der Waals surface area contributed by atoms with Crippen LogP contribution < -0.4 is 0 Å². The maximum absolute atomic E-state index is 10.5. The van der Waals surface area contributed by atoms with Crippen molar-refractivity contribution >= 4 is 0 Å². The highest BCUT2D eigenvalue weighted by molar-refractivity contribution is 5.27. The summed E-state index contributed by atoms with van der Waals surface area (Å²) in [5.41, 5.74) is 3.81. The molecule has 4 rings (SSSR count). The lowest BCUT2D eigenvalue weighted by molar-refractivity contribution is -0.316. The SMILES string of the molecule is Cc1ccc([C@H]2[C@H](CO)CN(Cc3ccccc3)C[C@H]2ON2C(C)(C)CCCC2(C)C)cc1. The van der Waals surface area contributed by atoms with Crippen LogP contribution in [0.15, 0.2) is 54.6 Å². The van der Waals surface area contributed by atoms with E-state index in [4.69, 9.17) is 4.84 Å². The molecule has 2 aromatic rings. The summed E-state index contributed by atoms with van der Waals surface area (Å²) in [7, 11) is 0. The molecule has 2 aromatic carbocycles. The van der Waals surface area contributed by atoms with E-state index in [1.807, 2.05) is 0 Å². The van der Waals surface area contributed by atoms with E-state index in [0.717, 1.165) is 32.5 Å². The van der Waals surface area contributed by atoms with E-state index >= 15 is 0 Å². The number of nitrogens with zero attached hydrogens (tertiary/aromatic N) is 2. The molecule has 0 saturated carbocycles. The normalized spacial score (nSPS) is 28.0. The van der Waals surface area contributed by atoms with Crippen LogP contribution in [0.5, 0.6) is 0 Å². The molecule has 180 valence electrons. The summed E-state index contributed by atoms with van der Waals surface area (Å²) in [4.78, 5) is 9.51. The van der Waals surface area contributed by atoms with Gasteiger partial charge in [-0.05, 0) is 65.0 Å². The molecule has 2 saturated heterocycles. The number of hydroxylamine groups is 2. The third-order valence-corrected chi connectivity index (χ3v) is 7.70. The highest BCUT2D eigenvalue weighted by atomic mass is 16.7. The molecule has 0 bridgehead atoms. The number of hydrogen-bond acceptors (Lipinski definition) is 4. The molecule has 4 heteroatoms. The van der Waals surface area contributed by atoms with Crippen LogP contribution in [0, 0.1) is 12.8 Å². The van der Waals surface area contributed by atoms with Crippen molar-refractivity contribution in [2.24, 2.45) is 5.92 Å². The van der Waals surface area contributed by atoms with E-state index in [1.54, 1.807) is 0 Å². The number of aliphatic hydroxyl groups is 1. The first-order chi connectivity index (χ1) is 15.7. The van der Waals surface area contributed by atoms with E-state index in [9.17, 15) is 5.11 Å². The molecule has 33 heavy (non-hydrogen) atoms. The molecular weight excluding hydrogens is 408 g/mol. The Morgan fingerprint density at radius 3 is 2.15 bits per heavy atom. The molecule has 1 N–H and O–H groups in total. The number of aryl methyl sites for hydroxylation is 1. The minimum absolute atomic E-state index is 0.0148. The van der Waals surface area contributed by atoms with Crippen molar-refractivity contribution in [1.29, 1.82) is 0 Å². The second-order valence-electron chi connectivity index (χ2n) is 11.5. The van der Waals surface area contributed by atoms with Crippen LogP contribution in [0.1, 0.15) is 69.6 Å². The van der Waals surface area contributed by atoms with E-state index in [-0.39, 0.29) is 35.6 Å². The number of benzene rings is 2. The summed E-state index contributed by atoms with van der Waals surface area (Å²) in [5, 5.41) is 12.8. The van der Waals surface area contributed by atoms with Crippen molar-refractivity contribution < 1.29 is 9.94 Å². The van der Waals surface area contributed by atoms with Gasteiger partial charge in [-0.3, -0.25) is 9.74 Å². The summed E-state index contributed by atoms with van der Waals surface area (Å²) < 4.78 is 0. The average molecular weight is 451 g/mol. The molecule has 2 aliphatic rings. The summed E-state index contributed by atoms with van der Waals surface area (Å²) in [5.74, 6) is 0.294. The van der Waals surface area contributed by atoms with Gasteiger partial charge in [0.1, 0.15) is 0 Å². The first-order valence-electron chi connectivity index (χ1n) is 12.6. The third-order valence-electron chi connectivity index (χ3n) is 7.70. The molecule has 0 unspecified atom stereocenters. The number of hydrogen-bond donors (Lipinski definition) is 1. The van der Waals surface area contributed by atoms with Crippen molar-refractivity contribution in [2.45, 2.75) is 83.5 Å². The van der Waals surface area contributed by atoms with E-state index in [0.29, 0.717) is 0 Å². The van der Waals surface area contributed by atoms with Crippen LogP contribution in [0.2, 0.25) is 0 Å². The Morgan fingerprint density at radius 1 is 0.909 bits per heavy atom. The van der Waals surface area contributed by atoms with E-state index < -0.39 is 0 Å². The van der Waals surface area contributed by atoms with Gasteiger partial charge in [-0.2, -0.15) is 5.06 Å². The fourth-order valence-electron chi connectivity index (χ4n) is 6.10. The second-order valence-corrected chi connectivity index (χ2v) is 11.5. The third kappa shape index (κ3) is 5.51. The number of aliphatic hydroxyl groups excluding tert-OH is 1. The summed E-state index contributed by atoms with van der Waals surface area (Å²) in [6.07, 6.45) is 3.48. The Bertz CT molecular complexity index is 878. The van der Waals surface area contributed by atoms with Crippen molar-refractivity contribution in [3.05, 3.63) is 71.3 Å². The topological polar surface area (TPSA) is 35.9 Å². The van der Waals surface area contributed by atoms with Gasteiger partial charge in [-0.1, -0.05) is 60.2 Å². The van der Waals surface area contributed by atoms with Crippen LogP contribution >= 0.6 is 0 Å². The molecule has 2 aliphatic heterocycles. The van der Waals surface area contributed by atoms with Crippen LogP contribution in [0.4, 0.5) is 0 Å². The first kappa shape index (κ1) is 24.4. The van der Waals surface area contributed by atoms with Crippen LogP contribution in [-0.4, -0.2) is 51.9 Å². The highest BCUT2D eigenvalue weighted by Crippen LogP contribution is 2.42. The Labute approximate surface area is 200 Å². The molecule has 0 radical (unpaired) electrons. The lowest BCUT2D eigenvalue weighted by Crippen LogP contribution is -2.62. The molecule has 4 nitrogen and oxygen atoms in total. The molecule has 0 aliphatic carbocycles. The van der Waals surface area contributed by atoms with Gasteiger partial charge in [-0.15, -0.1) is 0 Å². The zero-order valence-electron chi connectivity index (χ0n) is 21.1. The lowest BCUT2D eigenvalue weighted by Gasteiger charge is -2.54. The van der Waals surface area contributed by atoms with Gasteiger partial charge in [0, 0.05) is 49.2 Å². The minimum atomic E-state index is -0.0179. The van der Waals surface area contributed by atoms with Crippen molar-refractivity contribution in [1.82, 2.24) is 9.96 Å². The zero-order valence-corrected chi connectivity index (χ0v) is 21.1.